The molecule has 22 heavy (non-hydrogen) atoms. The van der Waals surface area contributed by atoms with E-state index in [1.54, 1.807) is 26.4 Å². The maximum Gasteiger partial charge on any atom is 0.244 e. The minimum Gasteiger partial charge on any atom is -0.493 e. The summed E-state index contributed by atoms with van der Waals surface area (Å²) in [7, 11) is 3.20. The van der Waals surface area contributed by atoms with Crippen LogP contribution in [0.5, 0.6) is 11.5 Å². The number of hydrogen-bond acceptors (Lipinski definition) is 3. The third kappa shape index (κ3) is 4.26. The molecule has 4 heteroatoms. The van der Waals surface area contributed by atoms with Gasteiger partial charge in [-0.3, -0.25) is 4.79 Å². The molecule has 1 aromatic carbocycles. The van der Waals surface area contributed by atoms with Crippen LogP contribution in [0.2, 0.25) is 0 Å². The van der Waals surface area contributed by atoms with Crippen LogP contribution in [0.1, 0.15) is 38.2 Å². The molecule has 2 rings (SSSR count). The van der Waals surface area contributed by atoms with E-state index in [2.05, 4.69) is 12.2 Å². The molecular formula is C18H25NO3. The van der Waals surface area contributed by atoms with Crippen molar-refractivity contribution >= 4 is 12.0 Å². The molecule has 0 bridgehead atoms. The smallest absolute Gasteiger partial charge is 0.244 e. The first-order chi connectivity index (χ1) is 10.6. The summed E-state index contributed by atoms with van der Waals surface area (Å²) in [5.41, 5.74) is 0.907. The van der Waals surface area contributed by atoms with Crippen LogP contribution < -0.4 is 14.8 Å². The second-order valence-electron chi connectivity index (χ2n) is 5.82. The van der Waals surface area contributed by atoms with Gasteiger partial charge in [0.15, 0.2) is 11.5 Å². The number of hydrogen-bond donors (Lipinski definition) is 1. The number of ether oxygens (including phenoxy) is 2. The molecule has 0 aliphatic heterocycles. The lowest BCUT2D eigenvalue weighted by atomic mass is 9.86. The third-order valence-corrected chi connectivity index (χ3v) is 4.27. The Bertz CT molecular complexity index is 539. The maximum atomic E-state index is 12.1. The number of nitrogens with one attached hydrogen (secondary N) is 1. The first-order valence-electron chi connectivity index (χ1n) is 7.84. The van der Waals surface area contributed by atoms with E-state index in [9.17, 15) is 4.79 Å². The van der Waals surface area contributed by atoms with E-state index < -0.39 is 0 Å². The Hall–Kier alpha value is -1.97. The highest BCUT2D eigenvalue weighted by molar-refractivity contribution is 5.92. The van der Waals surface area contributed by atoms with Crippen LogP contribution in [-0.4, -0.2) is 26.2 Å². The molecule has 2 atom stereocenters. The topological polar surface area (TPSA) is 47.6 Å². The normalized spacial score (nSPS) is 21.6. The Morgan fingerprint density at radius 3 is 2.59 bits per heavy atom. The Balaban J connectivity index is 1.97. The van der Waals surface area contributed by atoms with Crippen LogP contribution in [0.4, 0.5) is 0 Å². The molecule has 1 amide bonds. The quantitative estimate of drug-likeness (QED) is 0.848. The van der Waals surface area contributed by atoms with Gasteiger partial charge in [-0.1, -0.05) is 25.8 Å². The lowest BCUT2D eigenvalue weighted by Gasteiger charge is -2.29. The predicted molar refractivity (Wildman–Crippen MR) is 88.1 cm³/mol. The van der Waals surface area contributed by atoms with Gasteiger partial charge in [0.2, 0.25) is 5.91 Å². The Morgan fingerprint density at radius 1 is 1.18 bits per heavy atom. The zero-order valence-corrected chi connectivity index (χ0v) is 13.6. The van der Waals surface area contributed by atoms with Crippen LogP contribution in [0, 0.1) is 5.92 Å². The van der Waals surface area contributed by atoms with Gasteiger partial charge in [0.05, 0.1) is 14.2 Å². The fraction of sp³-hybridized carbons (Fsp3) is 0.500. The van der Waals surface area contributed by atoms with Gasteiger partial charge in [-0.15, -0.1) is 0 Å². The van der Waals surface area contributed by atoms with Crippen molar-refractivity contribution in [1.29, 1.82) is 0 Å². The standard InChI is InChI=1S/C18H25NO3/c1-13-6-4-5-7-15(13)19-18(20)11-9-14-8-10-16(21-2)17(12-14)22-3/h8-13,15H,4-7H2,1-3H3,(H,19,20)/b11-9+/t13-,15+/m1/s1. The summed E-state index contributed by atoms with van der Waals surface area (Å²) < 4.78 is 10.5. The van der Waals surface area contributed by atoms with Crippen molar-refractivity contribution < 1.29 is 14.3 Å². The third-order valence-electron chi connectivity index (χ3n) is 4.27. The van der Waals surface area contributed by atoms with Crippen molar-refractivity contribution in [1.82, 2.24) is 5.32 Å². The van der Waals surface area contributed by atoms with Crippen LogP contribution in [0.15, 0.2) is 24.3 Å². The van der Waals surface area contributed by atoms with Gasteiger partial charge >= 0.3 is 0 Å². The van der Waals surface area contributed by atoms with Gasteiger partial charge in [0, 0.05) is 12.1 Å². The van der Waals surface area contributed by atoms with E-state index in [4.69, 9.17) is 9.47 Å². The summed E-state index contributed by atoms with van der Waals surface area (Å²) in [6, 6.07) is 5.89. The highest BCUT2D eigenvalue weighted by Gasteiger charge is 2.21. The summed E-state index contributed by atoms with van der Waals surface area (Å²) in [5.74, 6) is 1.87. The molecule has 1 fully saturated rings. The molecule has 1 saturated carbocycles. The van der Waals surface area contributed by atoms with Gasteiger partial charge in [-0.05, 0) is 42.5 Å². The highest BCUT2D eigenvalue weighted by Crippen LogP contribution is 2.28. The van der Waals surface area contributed by atoms with Crippen molar-refractivity contribution in [3.05, 3.63) is 29.8 Å². The fourth-order valence-electron chi connectivity index (χ4n) is 2.89. The fourth-order valence-corrected chi connectivity index (χ4v) is 2.89. The molecule has 120 valence electrons. The molecule has 0 unspecified atom stereocenters. The summed E-state index contributed by atoms with van der Waals surface area (Å²) in [4.78, 5) is 12.1. The van der Waals surface area contributed by atoms with Gasteiger partial charge in [-0.25, -0.2) is 0 Å². The van der Waals surface area contributed by atoms with Gasteiger partial charge in [0.1, 0.15) is 0 Å². The molecule has 4 nitrogen and oxygen atoms in total. The number of amides is 1. The van der Waals surface area contributed by atoms with Crippen molar-refractivity contribution in [2.75, 3.05) is 14.2 Å². The summed E-state index contributed by atoms with van der Waals surface area (Å²) in [6.45, 7) is 2.21. The summed E-state index contributed by atoms with van der Waals surface area (Å²) >= 11 is 0. The summed E-state index contributed by atoms with van der Waals surface area (Å²) in [6.07, 6.45) is 8.14. The Kier molecular flexibility index (Phi) is 5.87. The first kappa shape index (κ1) is 16.4. The van der Waals surface area contributed by atoms with Crippen molar-refractivity contribution in [2.45, 2.75) is 38.6 Å². The SMILES string of the molecule is COc1ccc(/C=C/C(=O)N[C@H]2CCCC[C@H]2C)cc1OC. The van der Waals surface area contributed by atoms with Crippen molar-refractivity contribution in [3.8, 4) is 11.5 Å². The average molecular weight is 303 g/mol. The van der Waals surface area contributed by atoms with E-state index in [0.717, 1.165) is 12.0 Å². The zero-order valence-electron chi connectivity index (χ0n) is 13.6. The second kappa shape index (κ2) is 7.87. The Morgan fingerprint density at radius 2 is 1.91 bits per heavy atom. The monoisotopic (exact) mass is 303 g/mol. The molecule has 0 aromatic heterocycles. The van der Waals surface area contributed by atoms with E-state index >= 15 is 0 Å². The van der Waals surface area contributed by atoms with Crippen LogP contribution in [0.3, 0.4) is 0 Å². The van der Waals surface area contributed by atoms with Crippen molar-refractivity contribution in [3.63, 3.8) is 0 Å². The van der Waals surface area contributed by atoms with Crippen LogP contribution in [-0.2, 0) is 4.79 Å². The number of rotatable bonds is 5. The molecule has 1 N–H and O–H groups in total. The molecule has 1 aliphatic rings. The minimum atomic E-state index is -0.0338. The molecule has 0 radical (unpaired) electrons. The largest absolute Gasteiger partial charge is 0.493 e. The van der Waals surface area contributed by atoms with E-state index in [1.165, 1.54) is 19.3 Å². The van der Waals surface area contributed by atoms with E-state index in [1.807, 2.05) is 18.2 Å². The van der Waals surface area contributed by atoms with E-state index in [0.29, 0.717) is 23.5 Å². The molecule has 0 heterocycles. The van der Waals surface area contributed by atoms with E-state index in [-0.39, 0.29) is 5.91 Å². The molecule has 0 spiro atoms. The minimum absolute atomic E-state index is 0.0338. The molecule has 0 saturated heterocycles. The molecule has 1 aromatic rings. The lowest BCUT2D eigenvalue weighted by molar-refractivity contribution is -0.117. The number of methoxy groups -OCH3 is 2. The molecular weight excluding hydrogens is 278 g/mol. The second-order valence-corrected chi connectivity index (χ2v) is 5.82. The molecule has 1 aliphatic carbocycles. The number of benzene rings is 1. The van der Waals surface area contributed by atoms with Gasteiger partial charge in [-0.2, -0.15) is 0 Å². The summed E-state index contributed by atoms with van der Waals surface area (Å²) in [5, 5.41) is 3.11. The highest BCUT2D eigenvalue weighted by atomic mass is 16.5. The Labute approximate surface area is 132 Å². The van der Waals surface area contributed by atoms with Crippen LogP contribution in [0.25, 0.3) is 6.08 Å². The number of carbonyl (C=O) groups is 1. The van der Waals surface area contributed by atoms with Crippen molar-refractivity contribution in [2.24, 2.45) is 5.92 Å². The average Bonchev–Trinajstić information content (AvgIpc) is 2.54. The first-order valence-corrected chi connectivity index (χ1v) is 7.84. The van der Waals surface area contributed by atoms with Gasteiger partial charge < -0.3 is 14.8 Å². The zero-order chi connectivity index (χ0) is 15.9. The predicted octanol–water partition coefficient (Wildman–Crippen LogP) is 3.41. The maximum absolute atomic E-state index is 12.1. The van der Waals surface area contributed by atoms with Crippen LogP contribution >= 0.6 is 0 Å². The van der Waals surface area contributed by atoms with Gasteiger partial charge in [0.25, 0.3) is 0 Å². The number of carbonyl (C=O) groups excluding carboxylic acids is 1. The lowest BCUT2D eigenvalue weighted by Crippen LogP contribution is -2.40.